The van der Waals surface area contributed by atoms with Crippen LogP contribution in [-0.4, -0.2) is 51.4 Å². The predicted molar refractivity (Wildman–Crippen MR) is 118 cm³/mol. The average molecular weight is 457 g/mol. The van der Waals surface area contributed by atoms with Crippen molar-refractivity contribution in [2.75, 3.05) is 6.61 Å². The topological polar surface area (TPSA) is 109 Å². The van der Waals surface area contributed by atoms with Crippen LogP contribution in [0.5, 0.6) is 5.88 Å². The molecule has 32 heavy (non-hydrogen) atoms. The average Bonchev–Trinajstić information content (AvgIpc) is 3.18. The summed E-state index contributed by atoms with van der Waals surface area (Å²) in [6, 6.07) is 1.10. The predicted octanol–water partition coefficient (Wildman–Crippen LogP) is 3.42. The monoisotopic (exact) mass is 456 g/mol. The number of imidazole rings is 1. The zero-order chi connectivity index (χ0) is 22.7. The van der Waals surface area contributed by atoms with E-state index in [1.165, 1.54) is 6.33 Å². The molecule has 3 heterocycles. The molecule has 170 valence electrons. The minimum Gasteiger partial charge on any atom is -0.493 e. The number of fused-ring (bicyclic) bond motifs is 4. The van der Waals surface area contributed by atoms with Gasteiger partial charge in [-0.15, -0.1) is 0 Å². The van der Waals surface area contributed by atoms with Crippen LogP contribution in [0.2, 0.25) is 25.7 Å². The van der Waals surface area contributed by atoms with Crippen LogP contribution in [0.1, 0.15) is 13.3 Å². The third kappa shape index (κ3) is 3.61. The van der Waals surface area contributed by atoms with Crippen LogP contribution in [0.15, 0.2) is 36.3 Å². The highest BCUT2D eigenvalue weighted by atomic mass is 28.3. The van der Waals surface area contributed by atoms with E-state index in [9.17, 15) is 9.90 Å². The second-order valence-corrected chi connectivity index (χ2v) is 15.9. The Morgan fingerprint density at radius 2 is 2.12 bits per heavy atom. The minimum absolute atomic E-state index is 0.0310. The summed E-state index contributed by atoms with van der Waals surface area (Å²) in [5.74, 6) is 0.647. The Labute approximate surface area is 187 Å². The number of carboxylic acids is 1. The lowest BCUT2D eigenvalue weighted by molar-refractivity contribution is -0.140. The highest BCUT2D eigenvalue weighted by Gasteiger charge is 2.72. The standard InChI is InChI=1S/C22H28N4O5Si/c1-22-9-13(5-6-14(22)31-18-15(16(18)22)21(27)28)30-20-17-19(23-10-24-20)26(11-25-17)12-29-7-8-32(2,3)4/h5-6,10-11,15-16,18H,7-9,12H2,1-4H3,(H,27,28)/t15-,16-,18+,22?/m0/s1. The molecule has 4 atom stereocenters. The fourth-order valence-corrected chi connectivity index (χ4v) is 5.47. The molecule has 0 radical (unpaired) electrons. The molecule has 2 aromatic heterocycles. The molecular formula is C22H28N4O5Si. The van der Waals surface area contributed by atoms with Gasteiger partial charge >= 0.3 is 5.97 Å². The number of hydrogen-bond donors (Lipinski definition) is 1. The maximum atomic E-state index is 11.5. The number of hydrogen-bond acceptors (Lipinski definition) is 7. The Kier molecular flexibility index (Phi) is 4.90. The van der Waals surface area contributed by atoms with Crippen LogP contribution in [0.4, 0.5) is 0 Å². The molecule has 0 aromatic carbocycles. The van der Waals surface area contributed by atoms with Crippen molar-refractivity contribution in [3.63, 3.8) is 0 Å². The van der Waals surface area contributed by atoms with E-state index in [0.29, 0.717) is 42.6 Å². The van der Waals surface area contributed by atoms with Crippen molar-refractivity contribution in [3.05, 3.63) is 36.3 Å². The summed E-state index contributed by atoms with van der Waals surface area (Å²) in [4.78, 5) is 24.6. The number of aliphatic carboxylic acids is 1. The largest absolute Gasteiger partial charge is 0.493 e. The van der Waals surface area contributed by atoms with Crippen LogP contribution in [-0.2, 0) is 21.0 Å². The van der Waals surface area contributed by atoms with Crippen molar-refractivity contribution in [1.82, 2.24) is 19.5 Å². The second-order valence-electron chi connectivity index (χ2n) is 10.2. The quantitative estimate of drug-likeness (QED) is 0.475. The van der Waals surface area contributed by atoms with E-state index in [1.54, 1.807) is 6.33 Å². The lowest BCUT2D eigenvalue weighted by atomic mass is 9.76. The van der Waals surface area contributed by atoms with Crippen molar-refractivity contribution in [2.24, 2.45) is 17.3 Å². The molecule has 9 nitrogen and oxygen atoms in total. The van der Waals surface area contributed by atoms with Crippen LogP contribution in [0.25, 0.3) is 11.2 Å². The smallest absolute Gasteiger partial charge is 0.310 e. The first-order valence-corrected chi connectivity index (χ1v) is 14.6. The highest BCUT2D eigenvalue weighted by Crippen LogP contribution is 2.66. The number of carboxylic acid groups (broad SMARTS) is 1. The number of nitrogens with zero attached hydrogens (tertiary/aromatic N) is 4. The molecule has 0 amide bonds. The molecule has 10 heteroatoms. The first-order valence-electron chi connectivity index (χ1n) is 10.9. The summed E-state index contributed by atoms with van der Waals surface area (Å²) < 4.78 is 19.7. The van der Waals surface area contributed by atoms with Crippen molar-refractivity contribution < 1.29 is 24.1 Å². The maximum absolute atomic E-state index is 11.5. The highest BCUT2D eigenvalue weighted by molar-refractivity contribution is 6.76. The van der Waals surface area contributed by atoms with Gasteiger partial charge in [0.25, 0.3) is 5.88 Å². The maximum Gasteiger partial charge on any atom is 0.310 e. The molecule has 5 rings (SSSR count). The summed E-state index contributed by atoms with van der Waals surface area (Å²) in [6.45, 7) is 10.1. The number of rotatable bonds is 8. The molecule has 0 spiro atoms. The molecule has 1 unspecified atom stereocenters. The van der Waals surface area contributed by atoms with E-state index in [1.807, 2.05) is 23.6 Å². The van der Waals surface area contributed by atoms with Gasteiger partial charge in [0.1, 0.15) is 36.6 Å². The van der Waals surface area contributed by atoms with Gasteiger partial charge in [-0.3, -0.25) is 9.36 Å². The molecule has 1 saturated heterocycles. The van der Waals surface area contributed by atoms with Gasteiger partial charge in [-0.2, -0.15) is 4.98 Å². The Morgan fingerprint density at radius 3 is 2.88 bits per heavy atom. The molecule has 1 N–H and O–H groups in total. The van der Waals surface area contributed by atoms with Crippen molar-refractivity contribution in [2.45, 2.75) is 51.9 Å². The van der Waals surface area contributed by atoms with Gasteiger partial charge in [0.15, 0.2) is 11.2 Å². The van der Waals surface area contributed by atoms with E-state index in [-0.39, 0.29) is 17.4 Å². The SMILES string of the molecule is CC12CC(Oc3ncnc4c3ncn4COCC[Si](C)(C)C)=CC=C1O[C@@H]1[C@@H](C(=O)O)[C@@H]12. The summed E-state index contributed by atoms with van der Waals surface area (Å²) >= 11 is 0. The zero-order valence-electron chi connectivity index (χ0n) is 18.7. The van der Waals surface area contributed by atoms with Crippen LogP contribution in [0, 0.1) is 17.3 Å². The Bertz CT molecular complexity index is 1140. The number of aromatic nitrogens is 4. The second kappa shape index (κ2) is 7.41. The van der Waals surface area contributed by atoms with Gasteiger partial charge in [-0.25, -0.2) is 9.97 Å². The van der Waals surface area contributed by atoms with Gasteiger partial charge in [-0.1, -0.05) is 26.6 Å². The molecule has 2 aromatic rings. The van der Waals surface area contributed by atoms with Gasteiger partial charge in [0, 0.05) is 32.4 Å². The van der Waals surface area contributed by atoms with Gasteiger partial charge in [0.05, 0.1) is 6.33 Å². The summed E-state index contributed by atoms with van der Waals surface area (Å²) in [6.07, 6.45) is 7.21. The van der Waals surface area contributed by atoms with E-state index >= 15 is 0 Å². The summed E-state index contributed by atoms with van der Waals surface area (Å²) in [5.41, 5.74) is 0.838. The summed E-state index contributed by atoms with van der Waals surface area (Å²) in [5, 5.41) is 9.42. The molecular weight excluding hydrogens is 428 g/mol. The van der Waals surface area contributed by atoms with E-state index in [0.717, 1.165) is 11.8 Å². The fourth-order valence-electron chi connectivity index (χ4n) is 4.72. The van der Waals surface area contributed by atoms with Crippen LogP contribution >= 0.6 is 0 Å². The lowest BCUT2D eigenvalue weighted by Crippen LogP contribution is -2.27. The summed E-state index contributed by atoms with van der Waals surface area (Å²) in [7, 11) is -1.14. The van der Waals surface area contributed by atoms with E-state index in [2.05, 4.69) is 34.6 Å². The first-order chi connectivity index (χ1) is 15.2. The number of carbonyl (C=O) groups is 1. The third-order valence-electron chi connectivity index (χ3n) is 6.58. The molecule has 2 aliphatic carbocycles. The molecule has 2 fully saturated rings. The molecule has 3 aliphatic rings. The van der Waals surface area contributed by atoms with Crippen LogP contribution in [0.3, 0.4) is 0 Å². The van der Waals surface area contributed by atoms with Gasteiger partial charge < -0.3 is 19.3 Å². The van der Waals surface area contributed by atoms with Crippen LogP contribution < -0.4 is 4.74 Å². The fraction of sp³-hybridized carbons (Fsp3) is 0.545. The Hall–Kier alpha value is -2.72. The van der Waals surface area contributed by atoms with Crippen molar-refractivity contribution in [3.8, 4) is 5.88 Å². The van der Waals surface area contributed by atoms with Crippen molar-refractivity contribution >= 4 is 25.2 Å². The van der Waals surface area contributed by atoms with Gasteiger partial charge in [-0.05, 0) is 18.2 Å². The minimum atomic E-state index is -1.14. The number of allylic oxidation sites excluding steroid dienone is 4. The lowest BCUT2D eigenvalue weighted by Gasteiger charge is -2.30. The molecule has 0 bridgehead atoms. The Balaban J connectivity index is 1.29. The third-order valence-corrected chi connectivity index (χ3v) is 8.29. The van der Waals surface area contributed by atoms with Crippen molar-refractivity contribution in [1.29, 1.82) is 0 Å². The van der Waals surface area contributed by atoms with E-state index in [4.69, 9.17) is 14.2 Å². The molecule has 1 aliphatic heterocycles. The Morgan fingerprint density at radius 1 is 1.31 bits per heavy atom. The van der Waals surface area contributed by atoms with E-state index < -0.39 is 20.0 Å². The first kappa shape index (κ1) is 21.1. The normalized spacial score (nSPS) is 28.4. The molecule has 1 saturated carbocycles. The van der Waals surface area contributed by atoms with Gasteiger partial charge in [0.2, 0.25) is 0 Å². The number of ether oxygens (including phenoxy) is 3. The zero-order valence-corrected chi connectivity index (χ0v) is 19.7.